The van der Waals surface area contributed by atoms with Gasteiger partial charge in [-0.15, -0.1) is 10.1 Å². The first kappa shape index (κ1) is 22.9. The van der Waals surface area contributed by atoms with E-state index in [0.717, 1.165) is 0 Å². The van der Waals surface area contributed by atoms with Crippen LogP contribution in [0.2, 0.25) is 0 Å². The Bertz CT molecular complexity index is 74.2. The molecule has 5 N–H and O–H groups in total. The van der Waals surface area contributed by atoms with Crippen LogP contribution in [-0.2, 0) is 17.1 Å². The maximum absolute atomic E-state index is 8.36. The van der Waals surface area contributed by atoms with E-state index >= 15 is 0 Å². The van der Waals surface area contributed by atoms with Crippen molar-refractivity contribution in [3.8, 4) is 0 Å². The van der Waals surface area contributed by atoms with Crippen LogP contribution in [0.15, 0.2) is 0 Å². The van der Waals surface area contributed by atoms with Crippen molar-refractivity contribution in [3.05, 3.63) is 33.0 Å². The zero-order valence-corrected chi connectivity index (χ0v) is 7.78. The Hall–Kier alpha value is -0.441. The largest absolute Gasteiger partial charge is 2.00 e. The van der Waals surface area contributed by atoms with Crippen LogP contribution in [0, 0.1) is 10.1 Å². The van der Waals surface area contributed by atoms with Crippen molar-refractivity contribution >= 4 is 0 Å². The fourth-order valence-corrected chi connectivity index (χ4v) is 0. The Labute approximate surface area is 87.2 Å². The Kier molecular flexibility index (Phi) is 52.8. The molecule has 0 aromatic heterocycles. The van der Waals surface area contributed by atoms with Gasteiger partial charge < -0.3 is 28.1 Å². The molecular weight excluding hydrogens is 230 g/mol. The Morgan fingerprint density at radius 3 is 1.08 bits per heavy atom. The maximum atomic E-state index is 8.36. The van der Waals surface area contributed by atoms with E-state index in [4.69, 9.17) is 38.3 Å². The zero-order valence-electron chi connectivity index (χ0n) is 6.84. The number of nitrogens with zero attached hydrogens (tertiary/aromatic N) is 1. The molecule has 0 spiro atoms. The van der Waals surface area contributed by atoms with E-state index in [9.17, 15) is 0 Å². The molecule has 0 aliphatic carbocycles. The summed E-state index contributed by atoms with van der Waals surface area (Å²) in [6.45, 7) is 0.944. The molecule has 0 rings (SSSR count). The number of nitrogens with one attached hydrogen (secondary N) is 4. The van der Waals surface area contributed by atoms with Crippen molar-refractivity contribution in [2.75, 3.05) is 26.2 Å². The summed E-state index contributed by atoms with van der Waals surface area (Å²) in [5, 5.41) is 13.6. The molecule has 0 aromatic rings. The molecule has 0 saturated heterocycles. The van der Waals surface area contributed by atoms with E-state index in [1.807, 2.05) is 0 Å². The molecule has 0 fully saturated rings. The number of rotatable bonds is 2. The van der Waals surface area contributed by atoms with Crippen molar-refractivity contribution in [3.63, 3.8) is 0 Å². The summed E-state index contributed by atoms with van der Waals surface area (Å²) in [5.41, 5.74) is 25.1. The summed E-state index contributed by atoms with van der Waals surface area (Å²) in [5.74, 6) is 0. The van der Waals surface area contributed by atoms with Gasteiger partial charge in [0.15, 0.2) is 0 Å². The van der Waals surface area contributed by atoms with Gasteiger partial charge in [-0.05, 0) is 0 Å². The van der Waals surface area contributed by atoms with Gasteiger partial charge in [0, 0.05) is 0 Å². The molecule has 0 aliphatic rings. The molecule has 0 heterocycles. The number of hydrogen-bond donors (Lipinski definition) is 1. The smallest absolute Gasteiger partial charge is 0.679 e. The van der Waals surface area contributed by atoms with Crippen molar-refractivity contribution in [1.82, 2.24) is 0 Å². The van der Waals surface area contributed by atoms with Gasteiger partial charge in [-0.1, -0.05) is 0 Å². The van der Waals surface area contributed by atoms with E-state index in [1.165, 1.54) is 0 Å². The molecule has 0 bridgehead atoms. The van der Waals surface area contributed by atoms with Gasteiger partial charge in [0.2, 0.25) is 0 Å². The van der Waals surface area contributed by atoms with Crippen LogP contribution < -0.4 is 0 Å². The third kappa shape index (κ3) is 434. The Morgan fingerprint density at radius 1 is 1.00 bits per heavy atom. The van der Waals surface area contributed by atoms with Crippen LogP contribution in [0.4, 0.5) is 0 Å². The van der Waals surface area contributed by atoms with Crippen LogP contribution in [0.25, 0.3) is 22.9 Å². The monoisotopic (exact) mass is 242 g/mol. The summed E-state index contributed by atoms with van der Waals surface area (Å²) >= 11 is 0. The van der Waals surface area contributed by atoms with Gasteiger partial charge in [-0.3, -0.25) is 0 Å². The third-order valence-electron chi connectivity index (χ3n) is 0.250. The summed E-state index contributed by atoms with van der Waals surface area (Å²) < 4.78 is 0. The van der Waals surface area contributed by atoms with E-state index < -0.39 is 5.09 Å². The molecule has 8 nitrogen and oxygen atoms in total. The zero-order chi connectivity index (χ0) is 10.4. The van der Waals surface area contributed by atoms with Crippen molar-refractivity contribution in [2.45, 2.75) is 0 Å². The van der Waals surface area contributed by atoms with Gasteiger partial charge in [0.25, 0.3) is 5.09 Å². The summed E-state index contributed by atoms with van der Waals surface area (Å²) in [7, 11) is 0. The van der Waals surface area contributed by atoms with Gasteiger partial charge in [0.05, 0.1) is 0 Å². The molecule has 13 heavy (non-hydrogen) atoms. The summed E-state index contributed by atoms with van der Waals surface area (Å²) in [4.78, 5) is 8.36. The molecule has 1 radical (unpaired) electrons. The topological polar surface area (TPSA) is 159 Å². The maximum Gasteiger partial charge on any atom is 2.00 e. The van der Waals surface area contributed by atoms with Crippen LogP contribution in [0.5, 0.6) is 0 Å². The van der Waals surface area contributed by atoms with E-state index in [0.29, 0.717) is 0 Å². The first-order valence-electron chi connectivity index (χ1n) is 2.98. The molecule has 0 saturated carbocycles. The normalized spacial score (nSPS) is 6.46. The molecule has 0 atom stereocenters. The minimum Gasteiger partial charge on any atom is -0.679 e. The Balaban J connectivity index is -0.0000000450. The van der Waals surface area contributed by atoms with Crippen LogP contribution in [0.1, 0.15) is 0 Å². The van der Waals surface area contributed by atoms with Gasteiger partial charge in [-0.2, -0.15) is 26.2 Å². The molecule has 0 aliphatic heterocycles. The molecular formula is C4H13CuN5O3-2. The standard InChI is InChI=1S/2C2H6N2.Cu.HNO3/c2*3-1-2-4;;2-1(3)4/h2*3-4H,1-2H2;;(H,2,3,4)/q2*-2;+2;. The summed E-state index contributed by atoms with van der Waals surface area (Å²) in [6, 6.07) is 0. The SMILES string of the molecule is O=[N+]([O-])O.[Cu+2].[NH-]CC[NH-].[NH-]CC[NH-]. The van der Waals surface area contributed by atoms with Gasteiger partial charge in [-0.25, -0.2) is 0 Å². The molecule has 9 heteroatoms. The van der Waals surface area contributed by atoms with Crippen molar-refractivity contribution in [1.29, 1.82) is 0 Å². The van der Waals surface area contributed by atoms with Crippen LogP contribution in [0.3, 0.4) is 0 Å². The minimum absolute atomic E-state index is 0. The second kappa shape index (κ2) is 30.0. The van der Waals surface area contributed by atoms with Crippen LogP contribution >= 0.6 is 0 Å². The quantitative estimate of drug-likeness (QED) is 0.445. The Morgan fingerprint density at radius 2 is 1.08 bits per heavy atom. The van der Waals surface area contributed by atoms with E-state index in [1.54, 1.807) is 0 Å². The fourth-order valence-electron chi connectivity index (χ4n) is 0. The van der Waals surface area contributed by atoms with Crippen molar-refractivity contribution in [2.24, 2.45) is 0 Å². The minimum atomic E-state index is -1.50. The van der Waals surface area contributed by atoms with Crippen molar-refractivity contribution < 1.29 is 27.4 Å². The average molecular weight is 243 g/mol. The molecule has 0 unspecified atom stereocenters. The summed E-state index contributed by atoms with van der Waals surface area (Å²) in [6.07, 6.45) is 0. The predicted molar refractivity (Wildman–Crippen MR) is 45.5 cm³/mol. The van der Waals surface area contributed by atoms with Gasteiger partial charge >= 0.3 is 17.1 Å². The first-order chi connectivity index (χ1) is 5.56. The predicted octanol–water partition coefficient (Wildman–Crippen LogP) is 1.83. The molecule has 0 aromatic carbocycles. The van der Waals surface area contributed by atoms with E-state index in [-0.39, 0.29) is 43.2 Å². The van der Waals surface area contributed by atoms with E-state index in [2.05, 4.69) is 0 Å². The molecule has 0 amide bonds. The second-order valence-corrected chi connectivity index (χ2v) is 1.24. The number of hydrogen-bond acceptors (Lipinski definition) is 2. The van der Waals surface area contributed by atoms with Gasteiger partial charge in [0.1, 0.15) is 0 Å². The average Bonchev–Trinajstić information content (AvgIpc) is 2.03. The molecule has 85 valence electrons. The fraction of sp³-hybridized carbons (Fsp3) is 1.00. The van der Waals surface area contributed by atoms with Crippen LogP contribution in [-0.4, -0.2) is 36.5 Å². The third-order valence-corrected chi connectivity index (χ3v) is 0.250. The second-order valence-electron chi connectivity index (χ2n) is 1.24. The first-order valence-corrected chi connectivity index (χ1v) is 2.98.